The number of anilines is 2. The Bertz CT molecular complexity index is 1020. The lowest BCUT2D eigenvalue weighted by molar-refractivity contribution is 0.0907. The van der Waals surface area contributed by atoms with Gasteiger partial charge in [0.25, 0.3) is 5.91 Å². The van der Waals surface area contributed by atoms with Gasteiger partial charge in [-0.15, -0.1) is 0 Å². The SMILES string of the molecule is COC[C@H](C)NC(=O)c1cn(CC(C)(C)C)c2nc(Nc3ccc(C)cc3)ccc12. The standard InChI is InChI=1S/C24H32N4O2/c1-16-7-9-18(10-8-16)26-21-12-11-19-20(23(29)25-17(2)14-30-6)13-28(22(19)27-21)15-24(3,4)5/h7-13,17H,14-15H2,1-6H3,(H,25,29)(H,26,27)/t17-/m0/s1. The van der Waals surface area contributed by atoms with Gasteiger partial charge in [-0.3, -0.25) is 4.79 Å². The summed E-state index contributed by atoms with van der Waals surface area (Å²) in [5.74, 6) is 0.637. The number of carbonyl (C=O) groups is 1. The number of nitrogens with zero attached hydrogens (tertiary/aromatic N) is 2. The molecule has 3 rings (SSSR count). The Labute approximate surface area is 178 Å². The molecule has 6 heteroatoms. The first-order chi connectivity index (χ1) is 14.2. The lowest BCUT2D eigenvalue weighted by Gasteiger charge is -2.19. The molecule has 0 bridgehead atoms. The minimum Gasteiger partial charge on any atom is -0.383 e. The van der Waals surface area contributed by atoms with Crippen molar-refractivity contribution in [2.45, 2.75) is 47.2 Å². The Morgan fingerprint density at radius 1 is 1.17 bits per heavy atom. The smallest absolute Gasteiger partial charge is 0.253 e. The summed E-state index contributed by atoms with van der Waals surface area (Å²) in [7, 11) is 1.63. The zero-order valence-electron chi connectivity index (χ0n) is 18.7. The highest BCUT2D eigenvalue weighted by Gasteiger charge is 2.21. The number of aromatic nitrogens is 2. The van der Waals surface area contributed by atoms with Crippen molar-refractivity contribution in [3.63, 3.8) is 0 Å². The van der Waals surface area contributed by atoms with Crippen molar-refractivity contribution >= 4 is 28.4 Å². The van der Waals surface area contributed by atoms with Gasteiger partial charge in [0.2, 0.25) is 0 Å². The molecule has 0 saturated heterocycles. The van der Waals surface area contributed by atoms with Gasteiger partial charge in [0.05, 0.1) is 12.2 Å². The summed E-state index contributed by atoms with van der Waals surface area (Å²) in [6, 6.07) is 12.0. The van der Waals surface area contributed by atoms with Gasteiger partial charge in [-0.2, -0.15) is 0 Å². The molecule has 0 saturated carbocycles. The molecular weight excluding hydrogens is 376 g/mol. The summed E-state index contributed by atoms with van der Waals surface area (Å²) in [5, 5.41) is 7.21. The highest BCUT2D eigenvalue weighted by molar-refractivity contribution is 6.06. The van der Waals surface area contributed by atoms with Crippen LogP contribution in [0.4, 0.5) is 11.5 Å². The number of hydrogen-bond donors (Lipinski definition) is 2. The Balaban J connectivity index is 1.97. The molecule has 6 nitrogen and oxygen atoms in total. The summed E-state index contributed by atoms with van der Waals surface area (Å²) in [6.07, 6.45) is 1.91. The van der Waals surface area contributed by atoms with Crippen LogP contribution in [0.25, 0.3) is 11.0 Å². The fourth-order valence-corrected chi connectivity index (χ4v) is 3.42. The van der Waals surface area contributed by atoms with Crippen LogP contribution < -0.4 is 10.6 Å². The highest BCUT2D eigenvalue weighted by atomic mass is 16.5. The summed E-state index contributed by atoms with van der Waals surface area (Å²) in [5.41, 5.74) is 3.66. The Kier molecular flexibility index (Phi) is 6.46. The Morgan fingerprint density at radius 2 is 1.87 bits per heavy atom. The average molecular weight is 409 g/mol. The van der Waals surface area contributed by atoms with Gasteiger partial charge in [0.15, 0.2) is 0 Å². The van der Waals surface area contributed by atoms with Crippen molar-refractivity contribution in [3.05, 3.63) is 53.7 Å². The van der Waals surface area contributed by atoms with Crippen LogP contribution in [-0.4, -0.2) is 35.2 Å². The number of amides is 1. The summed E-state index contributed by atoms with van der Waals surface area (Å²) < 4.78 is 7.21. The van der Waals surface area contributed by atoms with E-state index < -0.39 is 0 Å². The quantitative estimate of drug-likeness (QED) is 0.583. The van der Waals surface area contributed by atoms with Crippen LogP contribution in [0.15, 0.2) is 42.6 Å². The molecule has 0 aliphatic heterocycles. The van der Waals surface area contributed by atoms with Gasteiger partial charge < -0.3 is 19.9 Å². The largest absolute Gasteiger partial charge is 0.383 e. The zero-order valence-corrected chi connectivity index (χ0v) is 18.7. The van der Waals surface area contributed by atoms with Gasteiger partial charge in [0.1, 0.15) is 11.5 Å². The summed E-state index contributed by atoms with van der Waals surface area (Å²) in [4.78, 5) is 17.8. The van der Waals surface area contributed by atoms with E-state index in [-0.39, 0.29) is 17.4 Å². The highest BCUT2D eigenvalue weighted by Crippen LogP contribution is 2.27. The molecule has 0 aliphatic carbocycles. The molecule has 160 valence electrons. The molecule has 1 amide bonds. The molecule has 0 radical (unpaired) electrons. The van der Waals surface area contributed by atoms with E-state index in [1.807, 2.05) is 37.4 Å². The van der Waals surface area contributed by atoms with Crippen LogP contribution in [0.1, 0.15) is 43.6 Å². The van der Waals surface area contributed by atoms with E-state index in [4.69, 9.17) is 9.72 Å². The van der Waals surface area contributed by atoms with E-state index in [9.17, 15) is 4.79 Å². The monoisotopic (exact) mass is 408 g/mol. The topological polar surface area (TPSA) is 68.2 Å². The minimum absolute atomic E-state index is 0.0467. The number of ether oxygens (including phenoxy) is 1. The Hall–Kier alpha value is -2.86. The van der Waals surface area contributed by atoms with E-state index in [2.05, 4.69) is 55.0 Å². The fourth-order valence-electron chi connectivity index (χ4n) is 3.42. The zero-order chi connectivity index (χ0) is 21.9. The number of carbonyl (C=O) groups excluding carboxylic acids is 1. The third-order valence-corrected chi connectivity index (χ3v) is 4.73. The van der Waals surface area contributed by atoms with Crippen LogP contribution in [0.5, 0.6) is 0 Å². The maximum absolute atomic E-state index is 12.9. The van der Waals surface area contributed by atoms with E-state index >= 15 is 0 Å². The van der Waals surface area contributed by atoms with Gasteiger partial charge >= 0.3 is 0 Å². The summed E-state index contributed by atoms with van der Waals surface area (Å²) >= 11 is 0. The van der Waals surface area contributed by atoms with Gasteiger partial charge in [0, 0.05) is 37.0 Å². The van der Waals surface area contributed by atoms with Gasteiger partial charge in [-0.1, -0.05) is 38.5 Å². The molecule has 2 heterocycles. The van der Waals surface area contributed by atoms with Crippen molar-refractivity contribution in [2.24, 2.45) is 5.41 Å². The number of hydrogen-bond acceptors (Lipinski definition) is 4. The predicted molar refractivity (Wildman–Crippen MR) is 122 cm³/mol. The van der Waals surface area contributed by atoms with E-state index in [1.54, 1.807) is 7.11 Å². The lowest BCUT2D eigenvalue weighted by atomic mass is 9.97. The lowest BCUT2D eigenvalue weighted by Crippen LogP contribution is -2.35. The third-order valence-electron chi connectivity index (χ3n) is 4.73. The van der Waals surface area contributed by atoms with E-state index in [0.717, 1.165) is 29.1 Å². The number of pyridine rings is 1. The molecule has 1 aromatic carbocycles. The van der Waals surface area contributed by atoms with Crippen molar-refractivity contribution in [1.82, 2.24) is 14.9 Å². The molecule has 2 N–H and O–H groups in total. The van der Waals surface area contributed by atoms with Crippen molar-refractivity contribution in [3.8, 4) is 0 Å². The predicted octanol–water partition coefficient (Wildman–Crippen LogP) is 4.90. The Morgan fingerprint density at radius 3 is 2.50 bits per heavy atom. The van der Waals surface area contributed by atoms with Crippen molar-refractivity contribution in [2.75, 3.05) is 19.0 Å². The molecule has 1 atom stereocenters. The van der Waals surface area contributed by atoms with E-state index in [1.165, 1.54) is 5.56 Å². The van der Waals surface area contributed by atoms with E-state index in [0.29, 0.717) is 12.2 Å². The van der Waals surface area contributed by atoms with Crippen LogP contribution in [-0.2, 0) is 11.3 Å². The number of nitrogens with one attached hydrogen (secondary N) is 2. The molecule has 2 aromatic heterocycles. The second-order valence-electron chi connectivity index (χ2n) is 9.12. The molecule has 30 heavy (non-hydrogen) atoms. The second-order valence-corrected chi connectivity index (χ2v) is 9.12. The molecular formula is C24H32N4O2. The number of benzene rings is 1. The van der Waals surface area contributed by atoms with Crippen molar-refractivity contribution < 1.29 is 9.53 Å². The maximum Gasteiger partial charge on any atom is 0.253 e. The first-order valence-electron chi connectivity index (χ1n) is 10.3. The second kappa shape index (κ2) is 8.88. The number of methoxy groups -OCH3 is 1. The molecule has 0 aliphatic rings. The van der Waals surface area contributed by atoms with Crippen molar-refractivity contribution in [1.29, 1.82) is 0 Å². The molecule has 0 fully saturated rings. The van der Waals surface area contributed by atoms with Crippen LogP contribution >= 0.6 is 0 Å². The minimum atomic E-state index is -0.113. The summed E-state index contributed by atoms with van der Waals surface area (Å²) in [6.45, 7) is 11.7. The average Bonchev–Trinajstić information content (AvgIpc) is 3.00. The maximum atomic E-state index is 12.9. The third kappa shape index (κ3) is 5.39. The van der Waals surface area contributed by atoms with Crippen LogP contribution in [0.2, 0.25) is 0 Å². The first-order valence-corrected chi connectivity index (χ1v) is 10.3. The number of aryl methyl sites for hydroxylation is 1. The van der Waals surface area contributed by atoms with Crippen LogP contribution in [0.3, 0.4) is 0 Å². The molecule has 0 unspecified atom stereocenters. The van der Waals surface area contributed by atoms with Gasteiger partial charge in [-0.05, 0) is 43.5 Å². The van der Waals surface area contributed by atoms with Gasteiger partial charge in [-0.25, -0.2) is 4.98 Å². The number of fused-ring (bicyclic) bond motifs is 1. The van der Waals surface area contributed by atoms with Crippen LogP contribution in [0, 0.1) is 12.3 Å². The normalized spacial score (nSPS) is 12.7. The first kappa shape index (κ1) is 21.8. The fraction of sp³-hybridized carbons (Fsp3) is 0.417. The molecule has 0 spiro atoms. The molecule has 3 aromatic rings. The number of rotatable bonds is 7.